The van der Waals surface area contributed by atoms with Gasteiger partial charge in [-0.3, -0.25) is 9.69 Å². The Kier molecular flexibility index (Phi) is 5.27. The van der Waals surface area contributed by atoms with Gasteiger partial charge in [-0.1, -0.05) is 18.2 Å². The molecule has 0 spiro atoms. The normalized spacial score (nSPS) is 15.4. The molecule has 3 rings (SSSR count). The Morgan fingerprint density at radius 1 is 1.25 bits per heavy atom. The summed E-state index contributed by atoms with van der Waals surface area (Å²) in [5.74, 6) is -0.0533. The number of nitrogens with one attached hydrogen (secondary N) is 2. The molecule has 2 heterocycles. The minimum Gasteiger partial charge on any atom is -0.351 e. The summed E-state index contributed by atoms with van der Waals surface area (Å²) < 4.78 is 1.83. The van der Waals surface area contributed by atoms with Crippen molar-refractivity contribution in [2.75, 3.05) is 39.3 Å². The molecule has 128 valence electrons. The van der Waals surface area contributed by atoms with Gasteiger partial charge in [-0.05, 0) is 25.5 Å². The number of carbonyl (C=O) groups excluding carboxylic acids is 1. The van der Waals surface area contributed by atoms with E-state index in [1.54, 1.807) is 6.20 Å². The minimum atomic E-state index is -0.0533. The fraction of sp³-hybridized carbons (Fsp3) is 0.444. The number of aryl methyl sites for hydroxylation is 1. The predicted molar refractivity (Wildman–Crippen MR) is 94.7 cm³/mol. The van der Waals surface area contributed by atoms with Crippen molar-refractivity contribution in [3.63, 3.8) is 0 Å². The highest BCUT2D eigenvalue weighted by Crippen LogP contribution is 2.17. The van der Waals surface area contributed by atoms with Gasteiger partial charge in [0.25, 0.3) is 5.91 Å². The maximum absolute atomic E-state index is 12.4. The number of para-hydroxylation sites is 1. The molecule has 0 atom stereocenters. The van der Waals surface area contributed by atoms with Gasteiger partial charge in [0.15, 0.2) is 0 Å². The van der Waals surface area contributed by atoms with E-state index in [1.807, 2.05) is 42.8 Å². The predicted octanol–water partition coefficient (Wildman–Crippen LogP) is 1.12. The van der Waals surface area contributed by atoms with Crippen molar-refractivity contribution in [2.24, 2.45) is 0 Å². The molecular formula is C18H25N5O. The van der Waals surface area contributed by atoms with E-state index in [0.29, 0.717) is 12.1 Å². The molecule has 0 saturated carbocycles. The van der Waals surface area contributed by atoms with Crippen LogP contribution in [0.2, 0.25) is 0 Å². The fourth-order valence-electron chi connectivity index (χ4n) is 3.03. The van der Waals surface area contributed by atoms with Gasteiger partial charge in [0.05, 0.1) is 23.1 Å². The number of hydrogen-bond donors (Lipinski definition) is 2. The van der Waals surface area contributed by atoms with Crippen LogP contribution in [0.3, 0.4) is 0 Å². The number of carbonyl (C=O) groups is 1. The van der Waals surface area contributed by atoms with Crippen LogP contribution in [0, 0.1) is 13.8 Å². The van der Waals surface area contributed by atoms with Gasteiger partial charge in [0, 0.05) is 39.3 Å². The van der Waals surface area contributed by atoms with Crippen LogP contribution in [0.4, 0.5) is 0 Å². The number of benzene rings is 1. The maximum Gasteiger partial charge on any atom is 0.254 e. The van der Waals surface area contributed by atoms with Crippen LogP contribution in [-0.2, 0) is 0 Å². The van der Waals surface area contributed by atoms with Gasteiger partial charge in [0.1, 0.15) is 0 Å². The molecule has 2 N–H and O–H groups in total. The second-order valence-electron chi connectivity index (χ2n) is 6.19. The first-order chi connectivity index (χ1) is 11.7. The van der Waals surface area contributed by atoms with Gasteiger partial charge in [-0.2, -0.15) is 5.10 Å². The van der Waals surface area contributed by atoms with Crippen LogP contribution < -0.4 is 10.6 Å². The zero-order chi connectivity index (χ0) is 16.9. The molecular weight excluding hydrogens is 302 g/mol. The highest BCUT2D eigenvalue weighted by Gasteiger charge is 2.16. The molecule has 0 radical (unpaired) electrons. The van der Waals surface area contributed by atoms with Crippen LogP contribution in [-0.4, -0.2) is 59.9 Å². The number of nitrogens with zero attached hydrogens (tertiary/aromatic N) is 3. The van der Waals surface area contributed by atoms with Gasteiger partial charge < -0.3 is 10.6 Å². The number of aromatic nitrogens is 2. The van der Waals surface area contributed by atoms with Crippen molar-refractivity contribution < 1.29 is 4.79 Å². The first-order valence-corrected chi connectivity index (χ1v) is 8.48. The summed E-state index contributed by atoms with van der Waals surface area (Å²) in [6.07, 6.45) is 1.65. The minimum absolute atomic E-state index is 0.0533. The molecule has 0 bridgehead atoms. The number of hydrogen-bond acceptors (Lipinski definition) is 4. The van der Waals surface area contributed by atoms with Crippen LogP contribution in [0.25, 0.3) is 5.69 Å². The van der Waals surface area contributed by atoms with Gasteiger partial charge >= 0.3 is 0 Å². The summed E-state index contributed by atoms with van der Waals surface area (Å²) in [6.45, 7) is 9.66. The van der Waals surface area contributed by atoms with Gasteiger partial charge in [0.2, 0.25) is 0 Å². The Labute approximate surface area is 142 Å². The van der Waals surface area contributed by atoms with Crippen LogP contribution in [0.1, 0.15) is 21.6 Å². The number of amides is 1. The molecule has 0 unspecified atom stereocenters. The molecule has 1 amide bonds. The average molecular weight is 327 g/mol. The summed E-state index contributed by atoms with van der Waals surface area (Å²) in [4.78, 5) is 14.8. The molecule has 1 aliphatic heterocycles. The first kappa shape index (κ1) is 16.7. The lowest BCUT2D eigenvalue weighted by Gasteiger charge is -2.27. The number of piperazine rings is 1. The Morgan fingerprint density at radius 2 is 2.00 bits per heavy atom. The number of rotatable bonds is 5. The van der Waals surface area contributed by atoms with Crippen molar-refractivity contribution in [2.45, 2.75) is 13.8 Å². The molecule has 6 nitrogen and oxygen atoms in total. The highest BCUT2D eigenvalue weighted by molar-refractivity contribution is 5.95. The van der Waals surface area contributed by atoms with E-state index in [0.717, 1.165) is 49.7 Å². The molecule has 1 aromatic heterocycles. The van der Waals surface area contributed by atoms with E-state index in [1.165, 1.54) is 0 Å². The molecule has 6 heteroatoms. The summed E-state index contributed by atoms with van der Waals surface area (Å²) in [6, 6.07) is 8.04. The Bertz CT molecular complexity index is 703. The average Bonchev–Trinajstić information content (AvgIpc) is 2.98. The highest BCUT2D eigenvalue weighted by atomic mass is 16.1. The van der Waals surface area contributed by atoms with Gasteiger partial charge in [-0.25, -0.2) is 4.68 Å². The van der Waals surface area contributed by atoms with Crippen molar-refractivity contribution in [1.29, 1.82) is 0 Å². The lowest BCUT2D eigenvalue weighted by Crippen LogP contribution is -2.46. The van der Waals surface area contributed by atoms with Crippen LogP contribution in [0.15, 0.2) is 30.5 Å². The van der Waals surface area contributed by atoms with E-state index in [4.69, 9.17) is 0 Å². The van der Waals surface area contributed by atoms with Crippen LogP contribution >= 0.6 is 0 Å². The maximum atomic E-state index is 12.4. The molecule has 2 aromatic rings. The van der Waals surface area contributed by atoms with Gasteiger partial charge in [-0.15, -0.1) is 0 Å². The third-order valence-electron chi connectivity index (χ3n) is 4.52. The van der Waals surface area contributed by atoms with E-state index in [-0.39, 0.29) is 5.91 Å². The van der Waals surface area contributed by atoms with Crippen molar-refractivity contribution in [3.05, 3.63) is 47.3 Å². The van der Waals surface area contributed by atoms with Crippen LogP contribution in [0.5, 0.6) is 0 Å². The standard InChI is InChI=1S/C18H25N5O/c1-14-5-3-4-6-17(14)23-15(2)16(13-21-23)18(24)20-9-12-22-10-7-19-8-11-22/h3-6,13,19H,7-12H2,1-2H3,(H,20,24). The van der Waals surface area contributed by atoms with Crippen molar-refractivity contribution in [3.8, 4) is 5.69 Å². The third-order valence-corrected chi connectivity index (χ3v) is 4.52. The molecule has 1 aromatic carbocycles. The van der Waals surface area contributed by atoms with E-state index < -0.39 is 0 Å². The summed E-state index contributed by atoms with van der Waals surface area (Å²) >= 11 is 0. The summed E-state index contributed by atoms with van der Waals surface area (Å²) in [5, 5.41) is 10.7. The topological polar surface area (TPSA) is 62.2 Å². The first-order valence-electron chi connectivity index (χ1n) is 8.48. The molecule has 24 heavy (non-hydrogen) atoms. The zero-order valence-corrected chi connectivity index (χ0v) is 14.4. The summed E-state index contributed by atoms with van der Waals surface area (Å²) in [7, 11) is 0. The molecule has 1 aliphatic rings. The molecule has 1 fully saturated rings. The molecule has 1 saturated heterocycles. The summed E-state index contributed by atoms with van der Waals surface area (Å²) in [5.41, 5.74) is 3.65. The van der Waals surface area contributed by atoms with Crippen molar-refractivity contribution in [1.82, 2.24) is 25.3 Å². The third kappa shape index (κ3) is 3.66. The fourth-order valence-corrected chi connectivity index (χ4v) is 3.03. The lowest BCUT2D eigenvalue weighted by atomic mass is 10.2. The lowest BCUT2D eigenvalue weighted by molar-refractivity contribution is 0.0946. The van der Waals surface area contributed by atoms with E-state index >= 15 is 0 Å². The Hall–Kier alpha value is -2.18. The monoisotopic (exact) mass is 327 g/mol. The van der Waals surface area contributed by atoms with E-state index in [2.05, 4.69) is 20.6 Å². The zero-order valence-electron chi connectivity index (χ0n) is 14.4. The SMILES string of the molecule is Cc1ccccc1-n1ncc(C(=O)NCCN2CCNCC2)c1C. The smallest absolute Gasteiger partial charge is 0.254 e. The largest absolute Gasteiger partial charge is 0.351 e. The Balaban J connectivity index is 1.62. The Morgan fingerprint density at radius 3 is 2.75 bits per heavy atom. The molecule has 0 aliphatic carbocycles. The van der Waals surface area contributed by atoms with E-state index in [9.17, 15) is 4.79 Å². The second kappa shape index (κ2) is 7.59. The second-order valence-corrected chi connectivity index (χ2v) is 6.19. The quantitative estimate of drug-likeness (QED) is 0.864. The van der Waals surface area contributed by atoms with Crippen molar-refractivity contribution >= 4 is 5.91 Å².